The van der Waals surface area contributed by atoms with Crippen LogP contribution in [0.5, 0.6) is 0 Å². The van der Waals surface area contributed by atoms with Crippen molar-refractivity contribution < 1.29 is 5.21 Å². The minimum atomic E-state index is 0.297. The summed E-state index contributed by atoms with van der Waals surface area (Å²) in [5.74, 6) is 0.297. The molecule has 3 rings (SSSR count). The molecular weight excluding hydrogens is 222 g/mol. The van der Waals surface area contributed by atoms with Gasteiger partial charge in [0.1, 0.15) is 0 Å². The largest absolute Gasteiger partial charge is 0.283 e. The van der Waals surface area contributed by atoms with Crippen LogP contribution in [0.1, 0.15) is 12.0 Å². The topological polar surface area (TPSA) is 23.5 Å². The second-order valence-electron chi connectivity index (χ2n) is 4.54. The van der Waals surface area contributed by atoms with Crippen molar-refractivity contribution in [2.45, 2.75) is 6.42 Å². The first-order chi connectivity index (χ1) is 8.81. The van der Waals surface area contributed by atoms with Crippen LogP contribution in [0.4, 0.5) is 5.69 Å². The van der Waals surface area contributed by atoms with Gasteiger partial charge in [0.25, 0.3) is 0 Å². The van der Waals surface area contributed by atoms with Crippen LogP contribution in [0.15, 0.2) is 66.4 Å². The Labute approximate surface area is 107 Å². The summed E-state index contributed by atoms with van der Waals surface area (Å²) in [6, 6.07) is 7.86. The highest BCUT2D eigenvalue weighted by molar-refractivity contribution is 5.79. The predicted molar refractivity (Wildman–Crippen MR) is 74.2 cm³/mol. The van der Waals surface area contributed by atoms with E-state index >= 15 is 0 Å². The van der Waals surface area contributed by atoms with Gasteiger partial charge >= 0.3 is 0 Å². The number of benzene rings is 1. The zero-order chi connectivity index (χ0) is 12.5. The van der Waals surface area contributed by atoms with E-state index in [1.807, 2.05) is 42.5 Å². The molecule has 2 heteroatoms. The second-order valence-corrected chi connectivity index (χ2v) is 4.54. The lowest BCUT2D eigenvalue weighted by molar-refractivity contribution is 0.283. The molecule has 0 amide bonds. The maximum absolute atomic E-state index is 10.3. The van der Waals surface area contributed by atoms with Gasteiger partial charge in [-0.25, -0.2) is 5.06 Å². The summed E-state index contributed by atoms with van der Waals surface area (Å²) in [5.41, 5.74) is 3.90. The molecule has 0 bridgehead atoms. The smallest absolute Gasteiger partial charge is 0.0765 e. The highest BCUT2D eigenvalue weighted by Crippen LogP contribution is 2.39. The Kier molecular flexibility index (Phi) is 2.65. The molecule has 1 aliphatic heterocycles. The molecule has 0 fully saturated rings. The normalized spacial score (nSPS) is 20.7. The van der Waals surface area contributed by atoms with Gasteiger partial charge in [-0.05, 0) is 30.2 Å². The first-order valence-corrected chi connectivity index (χ1v) is 6.10. The quantitative estimate of drug-likeness (QED) is 0.788. The van der Waals surface area contributed by atoms with E-state index < -0.39 is 0 Å². The monoisotopic (exact) mass is 237 g/mol. The number of nitrogens with zero attached hydrogens (tertiary/aromatic N) is 1. The second kappa shape index (κ2) is 4.31. The fourth-order valence-corrected chi connectivity index (χ4v) is 2.53. The van der Waals surface area contributed by atoms with Gasteiger partial charge < -0.3 is 0 Å². The molecule has 18 heavy (non-hydrogen) atoms. The Balaban J connectivity index is 2.12. The van der Waals surface area contributed by atoms with Crippen molar-refractivity contribution in [3.63, 3.8) is 0 Å². The van der Waals surface area contributed by atoms with Crippen molar-refractivity contribution in [3.8, 4) is 0 Å². The number of rotatable bonds is 2. The van der Waals surface area contributed by atoms with Gasteiger partial charge in [-0.15, -0.1) is 6.58 Å². The van der Waals surface area contributed by atoms with Crippen LogP contribution in [0.3, 0.4) is 0 Å². The van der Waals surface area contributed by atoms with Crippen LogP contribution in [0, 0.1) is 5.92 Å². The number of allylic oxidation sites excluding steroid dienone is 5. The van der Waals surface area contributed by atoms with Gasteiger partial charge in [0.05, 0.1) is 11.4 Å². The molecule has 90 valence electrons. The van der Waals surface area contributed by atoms with E-state index in [2.05, 4.69) is 18.7 Å². The zero-order valence-corrected chi connectivity index (χ0v) is 10.1. The standard InChI is InChI=1S/C16H15NO/c1-2-6-12-8-5-10-16-14(12)11-13-7-3-4-9-15(13)17(16)18/h2-5,7-12,18H,1,6H2. The number of hydrogen-bond donors (Lipinski definition) is 1. The average molecular weight is 237 g/mol. The molecule has 2 aliphatic rings. The van der Waals surface area contributed by atoms with Crippen LogP contribution < -0.4 is 5.06 Å². The Bertz CT molecular complexity index is 581. The van der Waals surface area contributed by atoms with Gasteiger partial charge in [0.15, 0.2) is 0 Å². The van der Waals surface area contributed by atoms with Crippen molar-refractivity contribution >= 4 is 11.8 Å². The molecule has 0 saturated heterocycles. The average Bonchev–Trinajstić information content (AvgIpc) is 2.40. The van der Waals surface area contributed by atoms with E-state index in [0.29, 0.717) is 5.92 Å². The van der Waals surface area contributed by atoms with Gasteiger partial charge in [-0.1, -0.05) is 36.4 Å². The molecule has 0 radical (unpaired) electrons. The molecular formula is C16H15NO. The third-order valence-electron chi connectivity index (χ3n) is 3.42. The lowest BCUT2D eigenvalue weighted by Gasteiger charge is -2.32. The summed E-state index contributed by atoms with van der Waals surface area (Å²) in [4.78, 5) is 0. The lowest BCUT2D eigenvalue weighted by Crippen LogP contribution is -2.26. The molecule has 1 aromatic carbocycles. The first kappa shape index (κ1) is 11.1. The summed E-state index contributed by atoms with van der Waals surface area (Å²) >= 11 is 0. The van der Waals surface area contributed by atoms with Crippen LogP contribution in [-0.4, -0.2) is 5.21 Å². The van der Waals surface area contributed by atoms with Crippen molar-refractivity contribution in [1.29, 1.82) is 0 Å². The van der Waals surface area contributed by atoms with Crippen LogP contribution in [-0.2, 0) is 0 Å². The third kappa shape index (κ3) is 1.62. The molecule has 2 nitrogen and oxygen atoms in total. The van der Waals surface area contributed by atoms with Crippen LogP contribution in [0.2, 0.25) is 0 Å². The number of hydrogen-bond acceptors (Lipinski definition) is 2. The number of fused-ring (bicyclic) bond motifs is 2. The van der Waals surface area contributed by atoms with E-state index in [9.17, 15) is 5.21 Å². The molecule has 1 unspecified atom stereocenters. The van der Waals surface area contributed by atoms with Gasteiger partial charge in [-0.3, -0.25) is 5.21 Å². The van der Waals surface area contributed by atoms with Gasteiger partial charge in [-0.2, -0.15) is 0 Å². The highest BCUT2D eigenvalue weighted by Gasteiger charge is 2.26. The highest BCUT2D eigenvalue weighted by atomic mass is 16.5. The summed E-state index contributed by atoms with van der Waals surface area (Å²) in [6.07, 6.45) is 11.1. The molecule has 1 N–H and O–H groups in total. The maximum atomic E-state index is 10.3. The number of anilines is 1. The fraction of sp³-hybridized carbons (Fsp3) is 0.125. The summed E-state index contributed by atoms with van der Waals surface area (Å²) < 4.78 is 0. The van der Waals surface area contributed by atoms with Crippen LogP contribution >= 0.6 is 0 Å². The molecule has 1 aliphatic carbocycles. The van der Waals surface area contributed by atoms with Crippen molar-refractivity contribution in [2.75, 3.05) is 5.06 Å². The Morgan fingerprint density at radius 3 is 3.00 bits per heavy atom. The van der Waals surface area contributed by atoms with Crippen molar-refractivity contribution in [3.05, 3.63) is 72.0 Å². The molecule has 1 atom stereocenters. The number of para-hydroxylation sites is 1. The van der Waals surface area contributed by atoms with Gasteiger partial charge in [0.2, 0.25) is 0 Å². The van der Waals surface area contributed by atoms with E-state index in [1.165, 1.54) is 5.06 Å². The molecule has 1 heterocycles. The number of hydroxylamine groups is 1. The van der Waals surface area contributed by atoms with Crippen LogP contribution in [0.25, 0.3) is 6.08 Å². The predicted octanol–water partition coefficient (Wildman–Crippen LogP) is 3.93. The Hall–Kier alpha value is -2.06. The Morgan fingerprint density at radius 1 is 1.33 bits per heavy atom. The van der Waals surface area contributed by atoms with Gasteiger partial charge in [0, 0.05) is 11.5 Å². The van der Waals surface area contributed by atoms with E-state index in [-0.39, 0.29) is 0 Å². The maximum Gasteiger partial charge on any atom is 0.0765 e. The fourth-order valence-electron chi connectivity index (χ4n) is 2.53. The van der Waals surface area contributed by atoms with Crippen molar-refractivity contribution in [2.24, 2.45) is 5.92 Å². The van der Waals surface area contributed by atoms with E-state index in [1.54, 1.807) is 0 Å². The molecule has 0 spiro atoms. The third-order valence-corrected chi connectivity index (χ3v) is 3.42. The minimum absolute atomic E-state index is 0.297. The molecule has 0 saturated carbocycles. The summed E-state index contributed by atoms with van der Waals surface area (Å²) in [7, 11) is 0. The minimum Gasteiger partial charge on any atom is -0.283 e. The lowest BCUT2D eigenvalue weighted by atomic mass is 9.85. The SMILES string of the molecule is C=CCC1C=CC=C2C1=Cc1ccccc1N2O. The summed E-state index contributed by atoms with van der Waals surface area (Å²) in [5, 5.41) is 11.6. The first-order valence-electron chi connectivity index (χ1n) is 6.10. The van der Waals surface area contributed by atoms with E-state index in [4.69, 9.17) is 0 Å². The summed E-state index contributed by atoms with van der Waals surface area (Å²) in [6.45, 7) is 3.80. The Morgan fingerprint density at radius 2 is 2.17 bits per heavy atom. The van der Waals surface area contributed by atoms with Crippen molar-refractivity contribution in [1.82, 2.24) is 0 Å². The molecule has 1 aromatic rings. The zero-order valence-electron chi connectivity index (χ0n) is 10.1. The molecule has 0 aromatic heterocycles. The van der Waals surface area contributed by atoms with E-state index in [0.717, 1.165) is 28.9 Å².